The number of benzene rings is 2. The Morgan fingerprint density at radius 2 is 1.73 bits per heavy atom. The molecule has 0 bridgehead atoms. The van der Waals surface area contributed by atoms with E-state index in [1.54, 1.807) is 6.92 Å². The van der Waals surface area contributed by atoms with E-state index in [1.807, 2.05) is 0 Å². The van der Waals surface area contributed by atoms with Gasteiger partial charge in [-0.25, -0.2) is 4.39 Å². The molecule has 0 spiro atoms. The summed E-state index contributed by atoms with van der Waals surface area (Å²) in [5, 5.41) is 2.55. The van der Waals surface area contributed by atoms with Crippen molar-refractivity contribution in [3.05, 3.63) is 59.4 Å². The molecule has 2 aromatic carbocycles. The van der Waals surface area contributed by atoms with E-state index in [4.69, 9.17) is 0 Å². The van der Waals surface area contributed by atoms with Gasteiger partial charge in [-0.2, -0.15) is 0 Å². The molecule has 0 saturated heterocycles. The molecule has 116 valence electrons. The van der Waals surface area contributed by atoms with Crippen LogP contribution >= 0.6 is 0 Å². The third kappa shape index (κ3) is 4.21. The van der Waals surface area contributed by atoms with Crippen LogP contribution in [0.25, 0.3) is 0 Å². The van der Waals surface area contributed by atoms with Crippen LogP contribution in [0.15, 0.2) is 42.5 Å². The number of rotatable bonds is 3. The number of carbonyl (C=O) groups is 1. The van der Waals surface area contributed by atoms with Gasteiger partial charge in [0.2, 0.25) is 0 Å². The quantitative estimate of drug-likeness (QED) is 0.859. The number of hydrogen-bond donors (Lipinski definition) is 1. The predicted molar refractivity (Wildman–Crippen MR) is 72.2 cm³/mol. The van der Waals surface area contributed by atoms with Gasteiger partial charge in [0.1, 0.15) is 11.6 Å². The van der Waals surface area contributed by atoms with Crippen molar-refractivity contribution in [2.24, 2.45) is 0 Å². The highest BCUT2D eigenvalue weighted by atomic mass is 19.4. The lowest BCUT2D eigenvalue weighted by atomic mass is 10.1. The third-order valence-corrected chi connectivity index (χ3v) is 2.79. The molecule has 2 aromatic rings. The lowest BCUT2D eigenvalue weighted by Crippen LogP contribution is -2.17. The monoisotopic (exact) mass is 313 g/mol. The van der Waals surface area contributed by atoms with Crippen molar-refractivity contribution in [3.8, 4) is 5.75 Å². The molecule has 0 radical (unpaired) electrons. The third-order valence-electron chi connectivity index (χ3n) is 2.79. The largest absolute Gasteiger partial charge is 0.573 e. The fourth-order valence-corrected chi connectivity index (χ4v) is 1.77. The van der Waals surface area contributed by atoms with Crippen LogP contribution in [-0.4, -0.2) is 12.3 Å². The van der Waals surface area contributed by atoms with E-state index in [0.717, 1.165) is 12.1 Å². The topological polar surface area (TPSA) is 38.3 Å². The zero-order valence-corrected chi connectivity index (χ0v) is 11.4. The molecule has 0 saturated carbocycles. The summed E-state index contributed by atoms with van der Waals surface area (Å²) in [7, 11) is 0. The lowest BCUT2D eigenvalue weighted by molar-refractivity contribution is -0.274. The first kappa shape index (κ1) is 15.8. The van der Waals surface area contributed by atoms with Crippen molar-refractivity contribution >= 4 is 11.6 Å². The summed E-state index contributed by atoms with van der Waals surface area (Å²) in [5.41, 5.74) is 1.10. The summed E-state index contributed by atoms with van der Waals surface area (Å²) < 4.78 is 52.8. The highest BCUT2D eigenvalue weighted by Crippen LogP contribution is 2.23. The SMILES string of the molecule is Cc1cc(F)ccc1NC(=O)c1ccc(OC(F)(F)F)cc1. The standard InChI is InChI=1S/C15H11F4NO2/c1-9-8-11(16)4-7-13(9)20-14(21)10-2-5-12(6-3-10)22-15(17,18)19/h2-8H,1H3,(H,20,21). The fourth-order valence-electron chi connectivity index (χ4n) is 1.77. The highest BCUT2D eigenvalue weighted by molar-refractivity contribution is 6.04. The van der Waals surface area contributed by atoms with Crippen molar-refractivity contribution in [2.45, 2.75) is 13.3 Å². The molecule has 0 aromatic heterocycles. The Bertz CT molecular complexity index is 681. The first-order valence-corrected chi connectivity index (χ1v) is 6.18. The number of carbonyl (C=O) groups excluding carboxylic acids is 1. The maximum Gasteiger partial charge on any atom is 0.573 e. The number of aryl methyl sites for hydroxylation is 1. The summed E-state index contributed by atoms with van der Waals surface area (Å²) in [6.45, 7) is 1.62. The van der Waals surface area contributed by atoms with Crippen LogP contribution in [-0.2, 0) is 0 Å². The molecule has 0 heterocycles. The Labute approximate surface area is 123 Å². The molecule has 0 aliphatic heterocycles. The van der Waals surface area contributed by atoms with Crippen molar-refractivity contribution in [1.82, 2.24) is 0 Å². The Morgan fingerprint density at radius 1 is 1.09 bits per heavy atom. The zero-order chi connectivity index (χ0) is 16.3. The summed E-state index contributed by atoms with van der Waals surface area (Å²) in [6, 6.07) is 8.35. The Balaban J connectivity index is 2.10. The fraction of sp³-hybridized carbons (Fsp3) is 0.133. The second kappa shape index (κ2) is 6.05. The molecule has 2 rings (SSSR count). The van der Waals surface area contributed by atoms with Gasteiger partial charge < -0.3 is 10.1 Å². The summed E-state index contributed by atoms with van der Waals surface area (Å²) >= 11 is 0. The average Bonchev–Trinajstić information content (AvgIpc) is 2.41. The summed E-state index contributed by atoms with van der Waals surface area (Å²) in [5.74, 6) is -1.36. The Hall–Kier alpha value is -2.57. The molecule has 0 unspecified atom stereocenters. The molecule has 1 amide bonds. The second-order valence-electron chi connectivity index (χ2n) is 4.49. The summed E-state index contributed by atoms with van der Waals surface area (Å²) in [4.78, 5) is 12.0. The van der Waals surface area contributed by atoms with Gasteiger partial charge in [-0.3, -0.25) is 4.79 Å². The minimum Gasteiger partial charge on any atom is -0.406 e. The van der Waals surface area contributed by atoms with Crippen LogP contribution in [0.2, 0.25) is 0 Å². The van der Waals surface area contributed by atoms with Crippen molar-refractivity contribution in [2.75, 3.05) is 5.32 Å². The first-order chi connectivity index (χ1) is 10.2. The van der Waals surface area contributed by atoms with E-state index in [-0.39, 0.29) is 5.56 Å². The molecule has 1 N–H and O–H groups in total. The number of hydrogen-bond acceptors (Lipinski definition) is 2. The molecule has 3 nitrogen and oxygen atoms in total. The van der Waals surface area contributed by atoms with Crippen LogP contribution in [0.1, 0.15) is 15.9 Å². The molecule has 0 atom stereocenters. The van der Waals surface area contributed by atoms with Gasteiger partial charge in [0.05, 0.1) is 0 Å². The smallest absolute Gasteiger partial charge is 0.406 e. The highest BCUT2D eigenvalue weighted by Gasteiger charge is 2.31. The molecule has 7 heteroatoms. The molecule has 0 aliphatic rings. The number of amides is 1. The van der Waals surface area contributed by atoms with E-state index in [2.05, 4.69) is 10.1 Å². The van der Waals surface area contributed by atoms with Crippen molar-refractivity contribution < 1.29 is 27.1 Å². The first-order valence-electron chi connectivity index (χ1n) is 6.18. The number of ether oxygens (including phenoxy) is 1. The minimum absolute atomic E-state index is 0.151. The van der Waals surface area contributed by atoms with Gasteiger partial charge in [0.15, 0.2) is 0 Å². The number of alkyl halides is 3. The number of anilines is 1. The normalized spacial score (nSPS) is 11.1. The van der Waals surface area contributed by atoms with Gasteiger partial charge in [0, 0.05) is 11.3 Å². The predicted octanol–water partition coefficient (Wildman–Crippen LogP) is 4.29. The van der Waals surface area contributed by atoms with E-state index in [0.29, 0.717) is 11.3 Å². The van der Waals surface area contributed by atoms with E-state index >= 15 is 0 Å². The van der Waals surface area contributed by atoms with Crippen LogP contribution < -0.4 is 10.1 Å². The Kier molecular flexibility index (Phi) is 4.35. The minimum atomic E-state index is -4.78. The van der Waals surface area contributed by atoms with Crippen molar-refractivity contribution in [1.29, 1.82) is 0 Å². The summed E-state index contributed by atoms with van der Waals surface area (Å²) in [6.07, 6.45) is -4.78. The number of halogens is 4. The molecule has 0 aliphatic carbocycles. The van der Waals surface area contributed by atoms with Gasteiger partial charge in [-0.05, 0) is 55.0 Å². The van der Waals surface area contributed by atoms with Crippen LogP contribution in [0.5, 0.6) is 5.75 Å². The molecular weight excluding hydrogens is 302 g/mol. The number of nitrogens with one attached hydrogen (secondary N) is 1. The van der Waals surface area contributed by atoms with Gasteiger partial charge >= 0.3 is 6.36 Å². The van der Waals surface area contributed by atoms with E-state index < -0.39 is 23.8 Å². The van der Waals surface area contributed by atoms with Gasteiger partial charge in [-0.1, -0.05) is 0 Å². The van der Waals surface area contributed by atoms with Crippen LogP contribution in [0.3, 0.4) is 0 Å². The van der Waals surface area contributed by atoms with E-state index in [9.17, 15) is 22.4 Å². The van der Waals surface area contributed by atoms with Gasteiger partial charge in [-0.15, -0.1) is 13.2 Å². The average molecular weight is 313 g/mol. The maximum atomic E-state index is 13.0. The molecular formula is C15H11F4NO2. The molecule has 0 fully saturated rings. The zero-order valence-electron chi connectivity index (χ0n) is 11.4. The molecule has 22 heavy (non-hydrogen) atoms. The Morgan fingerprint density at radius 3 is 2.27 bits per heavy atom. The maximum absolute atomic E-state index is 13.0. The second-order valence-corrected chi connectivity index (χ2v) is 4.49. The van der Waals surface area contributed by atoms with Crippen LogP contribution in [0, 0.1) is 12.7 Å². The lowest BCUT2D eigenvalue weighted by Gasteiger charge is -2.10. The van der Waals surface area contributed by atoms with Crippen molar-refractivity contribution in [3.63, 3.8) is 0 Å². The van der Waals surface area contributed by atoms with Gasteiger partial charge in [0.25, 0.3) is 5.91 Å². The van der Waals surface area contributed by atoms with E-state index in [1.165, 1.54) is 30.3 Å². The van der Waals surface area contributed by atoms with Crippen LogP contribution in [0.4, 0.5) is 23.2 Å².